The van der Waals surface area contributed by atoms with Gasteiger partial charge in [0.05, 0.1) is 0 Å². The fraction of sp³-hybridized carbons (Fsp3) is 0.478. The molecule has 150 valence electrons. The maximum absolute atomic E-state index is 10.4. The van der Waals surface area contributed by atoms with Crippen LogP contribution in [0.4, 0.5) is 0 Å². The van der Waals surface area contributed by atoms with Gasteiger partial charge in [-0.2, -0.15) is 0 Å². The molecule has 1 spiro atoms. The first-order valence-electron chi connectivity index (χ1n) is 10.1. The van der Waals surface area contributed by atoms with Gasteiger partial charge < -0.3 is 19.5 Å². The molecule has 5 heteroatoms. The molecule has 2 aliphatic heterocycles. The molecule has 2 aromatic rings. The van der Waals surface area contributed by atoms with Gasteiger partial charge in [-0.3, -0.25) is 0 Å². The van der Waals surface area contributed by atoms with E-state index in [9.17, 15) is 5.11 Å². The van der Waals surface area contributed by atoms with Crippen LogP contribution in [-0.2, 0) is 12.8 Å². The Balaban J connectivity index is 1.24. The summed E-state index contributed by atoms with van der Waals surface area (Å²) >= 11 is 6.12. The van der Waals surface area contributed by atoms with E-state index in [4.69, 9.17) is 21.1 Å². The zero-order chi connectivity index (χ0) is 19.6. The zero-order valence-electron chi connectivity index (χ0n) is 16.4. The van der Waals surface area contributed by atoms with Crippen LogP contribution >= 0.6 is 11.6 Å². The van der Waals surface area contributed by atoms with Crippen LogP contribution in [0.1, 0.15) is 30.9 Å². The average Bonchev–Trinajstić information content (AvgIpc) is 3.05. The van der Waals surface area contributed by atoms with Crippen molar-refractivity contribution in [2.45, 2.75) is 44.3 Å². The monoisotopic (exact) mass is 401 g/mol. The highest BCUT2D eigenvalue weighted by atomic mass is 35.5. The summed E-state index contributed by atoms with van der Waals surface area (Å²) in [7, 11) is 0. The smallest absolute Gasteiger partial charge is 0.123 e. The third-order valence-electron chi connectivity index (χ3n) is 5.85. The minimum Gasteiger partial charge on any atom is -0.491 e. The third kappa shape index (κ3) is 4.45. The van der Waals surface area contributed by atoms with Crippen molar-refractivity contribution in [3.8, 4) is 11.5 Å². The van der Waals surface area contributed by atoms with Crippen molar-refractivity contribution in [2.24, 2.45) is 0 Å². The van der Waals surface area contributed by atoms with Gasteiger partial charge in [-0.05, 0) is 47.9 Å². The molecule has 4 rings (SSSR count). The van der Waals surface area contributed by atoms with E-state index in [1.807, 2.05) is 36.4 Å². The number of piperidine rings is 1. The molecular formula is C23H28ClNO3. The number of ether oxygens (including phenoxy) is 2. The number of nitrogens with zero attached hydrogens (tertiary/aromatic N) is 1. The van der Waals surface area contributed by atoms with Crippen molar-refractivity contribution in [3.05, 3.63) is 58.6 Å². The van der Waals surface area contributed by atoms with Crippen molar-refractivity contribution < 1.29 is 14.6 Å². The molecule has 2 aromatic carbocycles. The largest absolute Gasteiger partial charge is 0.491 e. The number of halogens is 1. The second-order valence-corrected chi connectivity index (χ2v) is 8.42. The van der Waals surface area contributed by atoms with E-state index in [0.717, 1.165) is 55.3 Å². The molecule has 0 unspecified atom stereocenters. The number of rotatable bonds is 6. The second kappa shape index (κ2) is 8.32. The van der Waals surface area contributed by atoms with E-state index in [1.54, 1.807) is 0 Å². The molecule has 0 aliphatic carbocycles. The van der Waals surface area contributed by atoms with E-state index in [1.165, 1.54) is 11.1 Å². The topological polar surface area (TPSA) is 41.9 Å². The van der Waals surface area contributed by atoms with E-state index in [-0.39, 0.29) is 5.60 Å². The van der Waals surface area contributed by atoms with Gasteiger partial charge in [0.1, 0.15) is 29.8 Å². The Morgan fingerprint density at radius 3 is 2.82 bits per heavy atom. The van der Waals surface area contributed by atoms with Crippen molar-refractivity contribution in [2.75, 3.05) is 26.2 Å². The van der Waals surface area contributed by atoms with Crippen LogP contribution in [0, 0.1) is 0 Å². The van der Waals surface area contributed by atoms with Crippen LogP contribution in [-0.4, -0.2) is 48.0 Å². The molecule has 0 bridgehead atoms. The number of hydrogen-bond acceptors (Lipinski definition) is 4. The summed E-state index contributed by atoms with van der Waals surface area (Å²) < 4.78 is 12.1. The lowest BCUT2D eigenvalue weighted by Gasteiger charge is -2.39. The Morgan fingerprint density at radius 1 is 1.21 bits per heavy atom. The molecule has 0 amide bonds. The lowest BCUT2D eigenvalue weighted by molar-refractivity contribution is -0.00196. The average molecular weight is 402 g/mol. The van der Waals surface area contributed by atoms with Crippen LogP contribution in [0.2, 0.25) is 5.02 Å². The Bertz CT molecular complexity index is 817. The summed E-state index contributed by atoms with van der Waals surface area (Å²) in [5, 5.41) is 11.2. The lowest BCUT2D eigenvalue weighted by atomic mass is 9.87. The molecule has 28 heavy (non-hydrogen) atoms. The van der Waals surface area contributed by atoms with Gasteiger partial charge in [0.25, 0.3) is 0 Å². The molecule has 4 nitrogen and oxygen atoms in total. The molecule has 1 N–H and O–H groups in total. The summed E-state index contributed by atoms with van der Waals surface area (Å²) in [6, 6.07) is 14.0. The maximum Gasteiger partial charge on any atom is 0.123 e. The first kappa shape index (κ1) is 19.6. The predicted molar refractivity (Wildman–Crippen MR) is 112 cm³/mol. The highest BCUT2D eigenvalue weighted by Gasteiger charge is 2.42. The van der Waals surface area contributed by atoms with Crippen LogP contribution < -0.4 is 9.47 Å². The highest BCUT2D eigenvalue weighted by Crippen LogP contribution is 2.41. The van der Waals surface area contributed by atoms with E-state index >= 15 is 0 Å². The number of likely N-dealkylation sites (tertiary alicyclic amines) is 1. The standard InChI is InChI=1S/C23H28ClNO3/c1-2-17-4-3-5-21(12-17)27-16-20(26)15-25-10-8-23(9-11-25)14-18-13-19(24)6-7-22(18)28-23/h3-7,12-13,20,26H,2,8-11,14-16H2,1H3/t20-/m1/s1. The van der Waals surface area contributed by atoms with Gasteiger partial charge in [-0.25, -0.2) is 0 Å². The van der Waals surface area contributed by atoms with Crippen LogP contribution in [0.5, 0.6) is 11.5 Å². The second-order valence-electron chi connectivity index (χ2n) is 7.98. The minimum absolute atomic E-state index is 0.106. The lowest BCUT2D eigenvalue weighted by Crippen LogP contribution is -2.49. The molecule has 0 radical (unpaired) electrons. The molecule has 2 aliphatic rings. The first-order valence-corrected chi connectivity index (χ1v) is 10.5. The Morgan fingerprint density at radius 2 is 2.04 bits per heavy atom. The van der Waals surface area contributed by atoms with Gasteiger partial charge in [0.2, 0.25) is 0 Å². The van der Waals surface area contributed by atoms with Crippen LogP contribution in [0.15, 0.2) is 42.5 Å². The fourth-order valence-corrected chi connectivity index (χ4v) is 4.42. The molecule has 2 heterocycles. The summed E-state index contributed by atoms with van der Waals surface area (Å²) in [6.07, 6.45) is 3.33. The Hall–Kier alpha value is -1.75. The zero-order valence-corrected chi connectivity index (χ0v) is 17.1. The van der Waals surface area contributed by atoms with Crippen molar-refractivity contribution in [1.29, 1.82) is 0 Å². The van der Waals surface area contributed by atoms with Gasteiger partial charge in [-0.1, -0.05) is 30.7 Å². The third-order valence-corrected chi connectivity index (χ3v) is 6.08. The SMILES string of the molecule is CCc1cccc(OC[C@H](O)CN2CCC3(CC2)Cc2cc(Cl)ccc2O3)c1. The number of aryl methyl sites for hydroxylation is 1. The van der Waals surface area contributed by atoms with Gasteiger partial charge >= 0.3 is 0 Å². The van der Waals surface area contributed by atoms with E-state index in [2.05, 4.69) is 17.9 Å². The summed E-state index contributed by atoms with van der Waals surface area (Å²) in [5.41, 5.74) is 2.35. The highest BCUT2D eigenvalue weighted by molar-refractivity contribution is 6.30. The first-order chi connectivity index (χ1) is 13.5. The van der Waals surface area contributed by atoms with Crippen LogP contribution in [0.3, 0.4) is 0 Å². The van der Waals surface area contributed by atoms with Crippen molar-refractivity contribution >= 4 is 11.6 Å². The summed E-state index contributed by atoms with van der Waals surface area (Å²) in [5.74, 6) is 1.80. The fourth-order valence-electron chi connectivity index (χ4n) is 4.22. The number of fused-ring (bicyclic) bond motifs is 1. The number of benzene rings is 2. The van der Waals surface area contributed by atoms with Crippen molar-refractivity contribution in [1.82, 2.24) is 4.90 Å². The van der Waals surface area contributed by atoms with E-state index < -0.39 is 6.10 Å². The van der Waals surface area contributed by atoms with Crippen LogP contribution in [0.25, 0.3) is 0 Å². The molecule has 1 atom stereocenters. The molecule has 1 fully saturated rings. The molecule has 1 saturated heterocycles. The quantitative estimate of drug-likeness (QED) is 0.790. The summed E-state index contributed by atoms with van der Waals surface area (Å²) in [6.45, 7) is 4.91. The van der Waals surface area contributed by atoms with Crippen molar-refractivity contribution in [3.63, 3.8) is 0 Å². The number of hydrogen-bond donors (Lipinski definition) is 1. The predicted octanol–water partition coefficient (Wildman–Crippen LogP) is 4.11. The Kier molecular flexibility index (Phi) is 5.81. The van der Waals surface area contributed by atoms with Gasteiger partial charge in [0, 0.05) is 43.9 Å². The number of aliphatic hydroxyl groups excluding tert-OH is 1. The molecular weight excluding hydrogens is 374 g/mol. The number of aliphatic hydroxyl groups is 1. The van der Waals surface area contributed by atoms with Gasteiger partial charge in [-0.15, -0.1) is 0 Å². The Labute approximate surface area is 172 Å². The molecule has 0 saturated carbocycles. The minimum atomic E-state index is -0.500. The number of β-amino-alcohol motifs (C(OH)–C–C–N with tert-alkyl or cyclic N) is 1. The van der Waals surface area contributed by atoms with Gasteiger partial charge in [0.15, 0.2) is 0 Å². The van der Waals surface area contributed by atoms with E-state index in [0.29, 0.717) is 13.2 Å². The maximum atomic E-state index is 10.4. The normalized spacial score (nSPS) is 19.2. The summed E-state index contributed by atoms with van der Waals surface area (Å²) in [4.78, 5) is 2.31. The molecule has 0 aromatic heterocycles.